The van der Waals surface area contributed by atoms with Gasteiger partial charge in [-0.05, 0) is 24.6 Å². The maximum atomic E-state index is 5.69. The summed E-state index contributed by atoms with van der Waals surface area (Å²) in [6, 6.07) is 10.0. The summed E-state index contributed by atoms with van der Waals surface area (Å²) >= 11 is 0. The Bertz CT molecular complexity index is 527. The van der Waals surface area contributed by atoms with E-state index in [0.29, 0.717) is 19.8 Å². The molecule has 0 bridgehead atoms. The molecule has 0 aliphatic heterocycles. The van der Waals surface area contributed by atoms with Crippen molar-refractivity contribution in [2.75, 3.05) is 13.2 Å². The highest BCUT2D eigenvalue weighted by molar-refractivity contribution is 5.81. The second-order valence-electron chi connectivity index (χ2n) is 4.46. The second kappa shape index (κ2) is 5.91. The fourth-order valence-corrected chi connectivity index (χ4v) is 1.88. The van der Waals surface area contributed by atoms with Crippen LogP contribution in [0.2, 0.25) is 0 Å². The van der Waals surface area contributed by atoms with E-state index in [1.165, 1.54) is 10.9 Å². The van der Waals surface area contributed by atoms with E-state index in [-0.39, 0.29) is 6.04 Å². The van der Waals surface area contributed by atoms with E-state index >= 15 is 0 Å². The number of nitrogens with two attached hydrogens (primary N) is 2. The van der Waals surface area contributed by atoms with Crippen molar-refractivity contribution < 1.29 is 4.74 Å². The third-order valence-corrected chi connectivity index (χ3v) is 2.86. The molecular weight excluding hydrogens is 226 g/mol. The van der Waals surface area contributed by atoms with E-state index in [4.69, 9.17) is 16.2 Å². The molecule has 0 aliphatic carbocycles. The number of aromatic nitrogens is 1. The summed E-state index contributed by atoms with van der Waals surface area (Å²) in [7, 11) is 0. The first kappa shape index (κ1) is 13.0. The molecule has 1 aromatic carbocycles. The molecule has 4 nitrogen and oxygen atoms in total. The van der Waals surface area contributed by atoms with Gasteiger partial charge in [-0.15, -0.1) is 0 Å². The minimum atomic E-state index is -0.105. The first-order valence-electron chi connectivity index (χ1n) is 6.09. The number of nitrogens with zero attached hydrogens (tertiary/aromatic N) is 1. The summed E-state index contributed by atoms with van der Waals surface area (Å²) in [5, 5.41) is 1.18. The number of benzene rings is 1. The first-order valence-corrected chi connectivity index (χ1v) is 6.09. The number of fused-ring (bicyclic) bond motifs is 1. The maximum Gasteiger partial charge on any atom is 0.0889 e. The van der Waals surface area contributed by atoms with Crippen molar-refractivity contribution in [1.82, 2.24) is 4.98 Å². The van der Waals surface area contributed by atoms with Crippen LogP contribution in [0.4, 0.5) is 0 Å². The average Bonchev–Trinajstić information content (AvgIpc) is 2.38. The van der Waals surface area contributed by atoms with Crippen LogP contribution in [-0.4, -0.2) is 24.2 Å². The van der Waals surface area contributed by atoms with Crippen molar-refractivity contribution in [2.45, 2.75) is 19.6 Å². The Morgan fingerprint density at radius 3 is 2.89 bits per heavy atom. The van der Waals surface area contributed by atoms with Crippen LogP contribution in [0.25, 0.3) is 10.9 Å². The number of pyridine rings is 1. The van der Waals surface area contributed by atoms with Gasteiger partial charge < -0.3 is 16.2 Å². The van der Waals surface area contributed by atoms with E-state index in [2.05, 4.69) is 24.0 Å². The Morgan fingerprint density at radius 2 is 2.11 bits per heavy atom. The van der Waals surface area contributed by atoms with E-state index in [0.717, 1.165) is 11.2 Å². The fourth-order valence-electron chi connectivity index (χ4n) is 1.88. The van der Waals surface area contributed by atoms with Gasteiger partial charge in [0.25, 0.3) is 0 Å². The lowest BCUT2D eigenvalue weighted by molar-refractivity contribution is 0.107. The molecule has 0 spiro atoms. The maximum absolute atomic E-state index is 5.69. The van der Waals surface area contributed by atoms with Crippen LogP contribution < -0.4 is 11.5 Å². The minimum Gasteiger partial charge on any atom is -0.373 e. The molecule has 0 aliphatic rings. The third-order valence-electron chi connectivity index (χ3n) is 2.86. The smallest absolute Gasteiger partial charge is 0.0889 e. The Morgan fingerprint density at radius 1 is 1.33 bits per heavy atom. The monoisotopic (exact) mass is 245 g/mol. The van der Waals surface area contributed by atoms with Crippen LogP contribution in [0.1, 0.15) is 11.3 Å². The summed E-state index contributed by atoms with van der Waals surface area (Å²) in [4.78, 5) is 4.56. The SMILES string of the molecule is Cc1cc(COCC(N)CN)nc2ccccc12. The van der Waals surface area contributed by atoms with Crippen LogP contribution in [-0.2, 0) is 11.3 Å². The van der Waals surface area contributed by atoms with Gasteiger partial charge in [0.2, 0.25) is 0 Å². The largest absolute Gasteiger partial charge is 0.373 e. The van der Waals surface area contributed by atoms with Gasteiger partial charge in [-0.3, -0.25) is 4.98 Å². The molecular formula is C14H19N3O. The van der Waals surface area contributed by atoms with Gasteiger partial charge in [0.05, 0.1) is 24.4 Å². The lowest BCUT2D eigenvalue weighted by atomic mass is 10.1. The lowest BCUT2D eigenvalue weighted by Crippen LogP contribution is -2.34. The number of rotatable bonds is 5. The number of aryl methyl sites for hydroxylation is 1. The summed E-state index contributed by atoms with van der Waals surface area (Å²) < 4.78 is 5.51. The molecule has 0 amide bonds. The van der Waals surface area contributed by atoms with Crippen molar-refractivity contribution in [3.8, 4) is 0 Å². The third kappa shape index (κ3) is 3.04. The topological polar surface area (TPSA) is 74.2 Å². The molecule has 0 saturated heterocycles. The molecule has 0 radical (unpaired) electrons. The van der Waals surface area contributed by atoms with E-state index in [9.17, 15) is 0 Å². The van der Waals surface area contributed by atoms with Crippen LogP contribution >= 0.6 is 0 Å². The highest BCUT2D eigenvalue weighted by Crippen LogP contribution is 2.17. The van der Waals surface area contributed by atoms with E-state index in [1.54, 1.807) is 0 Å². The van der Waals surface area contributed by atoms with Crippen molar-refractivity contribution in [3.63, 3.8) is 0 Å². The van der Waals surface area contributed by atoms with Gasteiger partial charge in [-0.1, -0.05) is 18.2 Å². The van der Waals surface area contributed by atoms with Crippen molar-refractivity contribution >= 4 is 10.9 Å². The molecule has 1 unspecified atom stereocenters. The highest BCUT2D eigenvalue weighted by Gasteiger charge is 2.04. The summed E-state index contributed by atoms with van der Waals surface area (Å²) in [6.07, 6.45) is 0. The van der Waals surface area contributed by atoms with Crippen LogP contribution in [0.15, 0.2) is 30.3 Å². The van der Waals surface area contributed by atoms with Crippen LogP contribution in [0.5, 0.6) is 0 Å². The zero-order chi connectivity index (χ0) is 13.0. The summed E-state index contributed by atoms with van der Waals surface area (Å²) in [5.41, 5.74) is 14.3. The number of hydrogen-bond acceptors (Lipinski definition) is 4. The standard InChI is InChI=1S/C14H19N3O/c1-10-6-12(9-18-8-11(16)7-15)17-14-5-3-2-4-13(10)14/h2-6,11H,7-9,15-16H2,1H3. The van der Waals surface area contributed by atoms with Crippen molar-refractivity contribution in [3.05, 3.63) is 41.6 Å². The van der Waals surface area contributed by atoms with E-state index in [1.807, 2.05) is 18.2 Å². The zero-order valence-corrected chi connectivity index (χ0v) is 10.6. The average molecular weight is 245 g/mol. The minimum absolute atomic E-state index is 0.105. The van der Waals surface area contributed by atoms with Gasteiger partial charge >= 0.3 is 0 Å². The Balaban J connectivity index is 2.10. The lowest BCUT2D eigenvalue weighted by Gasteiger charge is -2.10. The Kier molecular flexibility index (Phi) is 4.25. The van der Waals surface area contributed by atoms with Gasteiger partial charge in [0.1, 0.15) is 0 Å². The molecule has 96 valence electrons. The van der Waals surface area contributed by atoms with Crippen LogP contribution in [0, 0.1) is 6.92 Å². The Hall–Kier alpha value is -1.49. The molecule has 4 N–H and O–H groups in total. The zero-order valence-electron chi connectivity index (χ0n) is 10.6. The van der Waals surface area contributed by atoms with Gasteiger partial charge in [0, 0.05) is 18.0 Å². The highest BCUT2D eigenvalue weighted by atomic mass is 16.5. The van der Waals surface area contributed by atoms with Crippen molar-refractivity contribution in [1.29, 1.82) is 0 Å². The summed E-state index contributed by atoms with van der Waals surface area (Å²) in [6.45, 7) is 3.45. The number of ether oxygens (including phenoxy) is 1. The molecule has 1 atom stereocenters. The number of hydrogen-bond donors (Lipinski definition) is 2. The second-order valence-corrected chi connectivity index (χ2v) is 4.46. The molecule has 0 fully saturated rings. The molecule has 2 rings (SSSR count). The predicted molar refractivity (Wildman–Crippen MR) is 73.2 cm³/mol. The number of para-hydroxylation sites is 1. The predicted octanol–water partition coefficient (Wildman–Crippen LogP) is 1.35. The van der Waals surface area contributed by atoms with Crippen molar-refractivity contribution in [2.24, 2.45) is 11.5 Å². The Labute approximate surface area is 107 Å². The van der Waals surface area contributed by atoms with Gasteiger partial charge in [-0.25, -0.2) is 0 Å². The molecule has 18 heavy (non-hydrogen) atoms. The van der Waals surface area contributed by atoms with Crippen LogP contribution in [0.3, 0.4) is 0 Å². The quantitative estimate of drug-likeness (QED) is 0.833. The van der Waals surface area contributed by atoms with Gasteiger partial charge in [0.15, 0.2) is 0 Å². The molecule has 0 saturated carbocycles. The van der Waals surface area contributed by atoms with E-state index < -0.39 is 0 Å². The molecule has 4 heteroatoms. The normalized spacial score (nSPS) is 12.8. The first-order chi connectivity index (χ1) is 8.70. The summed E-state index contributed by atoms with van der Waals surface area (Å²) in [5.74, 6) is 0. The van der Waals surface area contributed by atoms with Gasteiger partial charge in [-0.2, -0.15) is 0 Å². The molecule has 1 aromatic heterocycles. The fraction of sp³-hybridized carbons (Fsp3) is 0.357. The molecule has 1 heterocycles. The molecule has 2 aromatic rings.